The average molecular weight is 1210 g/mol. The first kappa shape index (κ1) is 59.7. The standard InChI is InChI=1S/C31H34F3N2O2.C29H29F4N2O3.2BrH/c1-22-7-5-11-26(17-22)35(20-25-18-28(33)29(34)19-27(25)32)31(37)38-30-21-36(15-12-24(30)13-16-36)14-6-10-23-8-3-2-4-9-23;30-22-5-4-6-23(17-22)34(18-20-15-25(31)28(33)26(32)16-20)29(36)38-27-19-35(11-9-21(27)10-12-35)13-14-37-24-7-2-1-3-8-24;;/h2-5,7-9,11,17-19,24,30H,6,10,12-16,20-21H2,1H3;1-8,15-17,21,27H,9-14,18-19H2;2*1H/q2*+1;;/p-2/t24?,30-,36?;21?,27-,35?;;/m00../s1. The number of halogens is 9. The van der Waals surface area contributed by atoms with Gasteiger partial charge >= 0.3 is 12.2 Å². The fourth-order valence-corrected chi connectivity index (χ4v) is 11.6. The number of hydrogen-bond donors (Lipinski definition) is 0. The van der Waals surface area contributed by atoms with Gasteiger partial charge < -0.3 is 57.1 Å². The van der Waals surface area contributed by atoms with E-state index in [1.807, 2.05) is 49.4 Å². The first-order valence-corrected chi connectivity index (χ1v) is 26.1. The second-order valence-corrected chi connectivity index (χ2v) is 20.9. The summed E-state index contributed by atoms with van der Waals surface area (Å²) in [6.07, 6.45) is 3.96. The SMILES string of the molecule is Cc1cccc(N(Cc2cc(F)c(F)cc2F)C(=O)O[C@H]2C[N+]3(CCCc4ccccc4)CCC2CC3)c1.O=C(O[C@H]1C[N+]2(CCOc3ccccc3)CCC1CC2)N(Cc1cc(F)c(F)c(F)c1)c1cccc(F)c1.[Br-].[Br-]. The molecule has 9 nitrogen and oxygen atoms in total. The molecule has 4 bridgehead atoms. The normalized spacial score (nSPS) is 21.7. The van der Waals surface area contributed by atoms with Crippen LogP contribution in [0.3, 0.4) is 0 Å². The minimum Gasteiger partial charge on any atom is -1.00 e. The summed E-state index contributed by atoms with van der Waals surface area (Å²) in [5.41, 5.74) is 2.84. The van der Waals surface area contributed by atoms with Crippen molar-refractivity contribution in [2.24, 2.45) is 11.8 Å². The molecule has 2 amide bonds. The first-order chi connectivity index (χ1) is 36.6. The number of ether oxygens (including phenoxy) is 3. The van der Waals surface area contributed by atoms with Crippen molar-refractivity contribution in [1.82, 2.24) is 0 Å². The molecule has 6 aliphatic heterocycles. The van der Waals surface area contributed by atoms with Crippen molar-refractivity contribution in [3.8, 4) is 5.75 Å². The maximum absolute atomic E-state index is 14.5. The fraction of sp³-hybridized carbons (Fsp3) is 0.367. The zero-order valence-corrected chi connectivity index (χ0v) is 46.4. The van der Waals surface area contributed by atoms with Crippen molar-refractivity contribution in [2.45, 2.75) is 70.7 Å². The molecule has 6 saturated heterocycles. The third kappa shape index (κ3) is 14.8. The molecule has 6 aliphatic rings. The molecule has 6 fully saturated rings. The van der Waals surface area contributed by atoms with Crippen molar-refractivity contribution in [1.29, 1.82) is 0 Å². The Bertz CT molecular complexity index is 2940. The van der Waals surface area contributed by atoms with Crippen molar-refractivity contribution < 1.29 is 97.5 Å². The lowest BCUT2D eigenvalue weighted by atomic mass is 9.83. The number of hydrogen-bond acceptors (Lipinski definition) is 5. The van der Waals surface area contributed by atoms with Gasteiger partial charge in [0.15, 0.2) is 41.3 Å². The Morgan fingerprint density at radius 3 is 1.64 bits per heavy atom. The van der Waals surface area contributed by atoms with E-state index in [-0.39, 0.29) is 82.0 Å². The Kier molecular flexibility index (Phi) is 20.5. The van der Waals surface area contributed by atoms with Crippen LogP contribution in [0.4, 0.5) is 51.7 Å². The van der Waals surface area contributed by atoms with Crippen molar-refractivity contribution in [3.05, 3.63) is 196 Å². The summed E-state index contributed by atoms with van der Waals surface area (Å²) in [6, 6.07) is 35.5. The molecule has 0 unspecified atom stereocenters. The van der Waals surface area contributed by atoms with E-state index in [0.717, 1.165) is 134 Å². The molecule has 0 spiro atoms. The first-order valence-electron chi connectivity index (χ1n) is 26.1. The molecule has 0 radical (unpaired) electrons. The molecule has 12 rings (SSSR count). The van der Waals surface area contributed by atoms with E-state index >= 15 is 0 Å². The second kappa shape index (κ2) is 26.8. The van der Waals surface area contributed by atoms with Crippen LogP contribution < -0.4 is 48.5 Å². The van der Waals surface area contributed by atoms with Crippen LogP contribution in [-0.4, -0.2) is 92.3 Å². The molecule has 0 aromatic heterocycles. The largest absolute Gasteiger partial charge is 1.00 e. The smallest absolute Gasteiger partial charge is 0.415 e. The number of anilines is 2. The topological polar surface area (TPSA) is 68.3 Å². The minimum atomic E-state index is -1.59. The molecule has 6 aromatic carbocycles. The van der Waals surface area contributed by atoms with E-state index in [1.54, 1.807) is 18.2 Å². The minimum absolute atomic E-state index is 0. The molecule has 2 atom stereocenters. The third-order valence-corrected chi connectivity index (χ3v) is 15.8. The van der Waals surface area contributed by atoms with Crippen molar-refractivity contribution in [2.75, 3.05) is 68.8 Å². The summed E-state index contributed by atoms with van der Waals surface area (Å²) in [6.45, 7) is 9.18. The summed E-state index contributed by atoms with van der Waals surface area (Å²) < 4.78 is 117. The molecule has 6 aromatic rings. The molecule has 416 valence electrons. The molecule has 6 heterocycles. The van der Waals surface area contributed by atoms with Gasteiger partial charge in [0.05, 0.1) is 51.5 Å². The quantitative estimate of drug-likeness (QED) is 0.0458. The van der Waals surface area contributed by atoms with E-state index in [9.17, 15) is 40.3 Å². The molecular formula is C60H63Br2F7N4O5. The number of amides is 2. The number of rotatable bonds is 16. The molecule has 78 heavy (non-hydrogen) atoms. The molecular weight excluding hydrogens is 1150 g/mol. The van der Waals surface area contributed by atoms with E-state index in [2.05, 4.69) is 24.3 Å². The van der Waals surface area contributed by atoms with Gasteiger partial charge in [-0.15, -0.1) is 0 Å². The number of piperidine rings is 6. The predicted octanol–water partition coefficient (Wildman–Crippen LogP) is 6.88. The van der Waals surface area contributed by atoms with Crippen LogP contribution in [0.15, 0.2) is 133 Å². The van der Waals surface area contributed by atoms with E-state index in [1.165, 1.54) is 28.7 Å². The van der Waals surface area contributed by atoms with Crippen LogP contribution in [-0.2, 0) is 29.0 Å². The van der Waals surface area contributed by atoms with Crippen LogP contribution >= 0.6 is 0 Å². The van der Waals surface area contributed by atoms with Gasteiger partial charge in [-0.25, -0.2) is 40.3 Å². The summed E-state index contributed by atoms with van der Waals surface area (Å²) in [5.74, 6) is -6.92. The number of nitrogens with zero attached hydrogens (tertiary/aromatic N) is 4. The van der Waals surface area contributed by atoms with Gasteiger partial charge in [-0.2, -0.15) is 0 Å². The zero-order chi connectivity index (χ0) is 53.4. The lowest BCUT2D eigenvalue weighted by Gasteiger charge is -2.52. The Hall–Kier alpha value is -5.95. The highest BCUT2D eigenvalue weighted by Gasteiger charge is 2.49. The lowest BCUT2D eigenvalue weighted by Crippen LogP contribution is -3.00. The highest BCUT2D eigenvalue weighted by Crippen LogP contribution is 2.38. The van der Waals surface area contributed by atoms with Crippen LogP contribution in [0, 0.1) is 59.5 Å². The summed E-state index contributed by atoms with van der Waals surface area (Å²) >= 11 is 0. The Balaban J connectivity index is 0.000000220. The van der Waals surface area contributed by atoms with Gasteiger partial charge in [0.2, 0.25) is 0 Å². The van der Waals surface area contributed by atoms with Gasteiger partial charge in [-0.1, -0.05) is 66.7 Å². The Labute approximate surface area is 472 Å². The van der Waals surface area contributed by atoms with Gasteiger partial charge in [-0.05, 0) is 90.7 Å². The summed E-state index contributed by atoms with van der Waals surface area (Å²) in [7, 11) is 0. The van der Waals surface area contributed by atoms with Crippen LogP contribution in [0.2, 0.25) is 0 Å². The highest BCUT2D eigenvalue weighted by atomic mass is 79.9. The molecule has 0 N–H and O–H groups in total. The van der Waals surface area contributed by atoms with Crippen molar-refractivity contribution in [3.63, 3.8) is 0 Å². The number of carbonyl (C=O) groups is 2. The maximum atomic E-state index is 14.5. The number of quaternary nitrogens is 2. The van der Waals surface area contributed by atoms with E-state index in [0.29, 0.717) is 30.8 Å². The summed E-state index contributed by atoms with van der Waals surface area (Å²) in [4.78, 5) is 29.4. The van der Waals surface area contributed by atoms with Crippen LogP contribution in [0.1, 0.15) is 54.4 Å². The monoisotopic (exact) mass is 1210 g/mol. The van der Waals surface area contributed by atoms with E-state index in [4.69, 9.17) is 14.2 Å². The number of fused-ring (bicyclic) bond motifs is 6. The van der Waals surface area contributed by atoms with Gasteiger partial charge in [0, 0.05) is 61.3 Å². The Morgan fingerprint density at radius 1 is 0.538 bits per heavy atom. The number of para-hydroxylation sites is 1. The predicted molar refractivity (Wildman–Crippen MR) is 275 cm³/mol. The zero-order valence-electron chi connectivity index (χ0n) is 43.3. The molecule has 18 heteroatoms. The van der Waals surface area contributed by atoms with Crippen LogP contribution in [0.5, 0.6) is 5.75 Å². The van der Waals surface area contributed by atoms with Gasteiger partial charge in [0.1, 0.15) is 43.6 Å². The highest BCUT2D eigenvalue weighted by molar-refractivity contribution is 5.88. The van der Waals surface area contributed by atoms with Gasteiger partial charge in [-0.3, -0.25) is 9.80 Å². The molecule has 0 saturated carbocycles. The number of carbonyl (C=O) groups excluding carboxylic acids is 2. The Morgan fingerprint density at radius 2 is 1.06 bits per heavy atom. The summed E-state index contributed by atoms with van der Waals surface area (Å²) in [5, 5.41) is 0. The maximum Gasteiger partial charge on any atom is 0.415 e. The van der Waals surface area contributed by atoms with E-state index < -0.39 is 52.9 Å². The van der Waals surface area contributed by atoms with Crippen LogP contribution in [0.25, 0.3) is 0 Å². The lowest BCUT2D eigenvalue weighted by molar-refractivity contribution is -0.946. The molecule has 0 aliphatic carbocycles. The number of aryl methyl sites for hydroxylation is 2. The van der Waals surface area contributed by atoms with Gasteiger partial charge in [0.25, 0.3) is 0 Å². The second-order valence-electron chi connectivity index (χ2n) is 20.9. The fourth-order valence-electron chi connectivity index (χ4n) is 11.6. The number of benzene rings is 6. The third-order valence-electron chi connectivity index (χ3n) is 15.8. The average Bonchev–Trinajstić information content (AvgIpc) is 3.42. The van der Waals surface area contributed by atoms with Crippen molar-refractivity contribution >= 4 is 23.6 Å².